The summed E-state index contributed by atoms with van der Waals surface area (Å²) >= 11 is 0. The fourth-order valence-corrected chi connectivity index (χ4v) is 7.11. The summed E-state index contributed by atoms with van der Waals surface area (Å²) < 4.78 is 0. The van der Waals surface area contributed by atoms with E-state index in [-0.39, 0.29) is 7.43 Å². The fraction of sp³-hybridized carbons (Fsp3) is 0.388. The molecular weight excluding hydrogens is 931 g/mol. The smallest absolute Gasteiger partial charge is 0.131 e. The maximum atomic E-state index is 4.46. The summed E-state index contributed by atoms with van der Waals surface area (Å²) in [6.45, 7) is 41.7. The average molecular weight is 1030 g/mol. The Hall–Kier alpha value is -7.13. The second-order valence-corrected chi connectivity index (χ2v) is 17.5. The number of aromatic nitrogens is 9. The van der Waals surface area contributed by atoms with Gasteiger partial charge in [-0.25, -0.2) is 39.9 Å². The first-order chi connectivity index (χ1) is 36.4. The predicted molar refractivity (Wildman–Crippen MR) is 334 cm³/mol. The van der Waals surface area contributed by atoms with Crippen LogP contribution in [0, 0.1) is 0 Å². The molecule has 0 atom stereocenters. The van der Waals surface area contributed by atoms with Gasteiger partial charge in [0.1, 0.15) is 24.8 Å². The molecule has 0 spiro atoms. The summed E-state index contributed by atoms with van der Waals surface area (Å²) in [6.07, 6.45) is 14.1. The Morgan fingerprint density at radius 3 is 1.45 bits per heavy atom. The lowest BCUT2D eigenvalue weighted by molar-refractivity contribution is 0.783. The Morgan fingerprint density at radius 2 is 0.829 bits per heavy atom. The van der Waals surface area contributed by atoms with Gasteiger partial charge in [0.25, 0.3) is 0 Å². The van der Waals surface area contributed by atoms with E-state index in [1.165, 1.54) is 27.6 Å². The van der Waals surface area contributed by atoms with Gasteiger partial charge in [0.05, 0.1) is 27.6 Å². The molecule has 0 aliphatic carbocycles. The van der Waals surface area contributed by atoms with Crippen LogP contribution in [0.5, 0.6) is 0 Å². The minimum atomic E-state index is 0. The summed E-state index contributed by atoms with van der Waals surface area (Å²) in [5.74, 6) is 3.50. The third-order valence-electron chi connectivity index (χ3n) is 10.9. The molecule has 10 aromatic rings. The molecule has 76 heavy (non-hydrogen) atoms. The Kier molecular flexibility index (Phi) is 35.6. The van der Waals surface area contributed by atoms with Crippen molar-refractivity contribution < 1.29 is 0 Å². The lowest BCUT2D eigenvalue weighted by Gasteiger charge is -2.08. The first-order valence-electron chi connectivity index (χ1n) is 27.5. The quantitative estimate of drug-likeness (QED) is 0.166. The lowest BCUT2D eigenvalue weighted by atomic mass is 9.98. The minimum absolute atomic E-state index is 0. The molecule has 9 nitrogen and oxygen atoms in total. The van der Waals surface area contributed by atoms with E-state index in [9.17, 15) is 0 Å². The van der Waals surface area contributed by atoms with Crippen LogP contribution in [0.15, 0.2) is 159 Å². The van der Waals surface area contributed by atoms with Crippen molar-refractivity contribution in [3.05, 3.63) is 187 Å². The van der Waals surface area contributed by atoms with Crippen LogP contribution in [-0.4, -0.2) is 44.9 Å². The van der Waals surface area contributed by atoms with Crippen molar-refractivity contribution in [2.45, 2.75) is 175 Å². The third kappa shape index (κ3) is 22.0. The molecule has 0 unspecified atom stereocenters. The molecule has 5 heterocycles. The first kappa shape index (κ1) is 68.9. The average Bonchev–Trinajstić information content (AvgIpc) is 3.47. The summed E-state index contributed by atoms with van der Waals surface area (Å²) in [5, 5.41) is 5.72. The zero-order valence-corrected chi connectivity index (χ0v) is 49.4. The molecule has 0 amide bonds. The van der Waals surface area contributed by atoms with E-state index in [0.29, 0.717) is 29.6 Å². The molecule has 10 rings (SSSR count). The Balaban J connectivity index is 0.000000884. The van der Waals surface area contributed by atoms with Gasteiger partial charge >= 0.3 is 0 Å². The molecule has 0 bridgehead atoms. The van der Waals surface area contributed by atoms with Crippen molar-refractivity contribution >= 4 is 54.5 Å². The largest absolute Gasteiger partial charge is 0.256 e. The number of fused-ring (bicyclic) bond motifs is 5. The van der Waals surface area contributed by atoms with Crippen molar-refractivity contribution in [3.63, 3.8) is 0 Å². The highest BCUT2D eigenvalue weighted by atomic mass is 14.9. The lowest BCUT2D eigenvalue weighted by Crippen LogP contribution is -1.96. The molecule has 0 saturated heterocycles. The van der Waals surface area contributed by atoms with Gasteiger partial charge in [-0.05, 0) is 82.3 Å². The maximum Gasteiger partial charge on any atom is 0.131 e. The van der Waals surface area contributed by atoms with Crippen LogP contribution in [0.2, 0.25) is 0 Å². The molecule has 0 radical (unpaired) electrons. The molecule has 5 aromatic carbocycles. The number of hydrogen-bond acceptors (Lipinski definition) is 9. The van der Waals surface area contributed by atoms with E-state index in [4.69, 9.17) is 0 Å². The van der Waals surface area contributed by atoms with Gasteiger partial charge in [0.15, 0.2) is 0 Å². The van der Waals surface area contributed by atoms with Crippen LogP contribution < -0.4 is 0 Å². The molecule has 0 saturated carbocycles. The molecular formula is C67H95N9. The molecule has 0 fully saturated rings. The number of nitrogens with zero attached hydrogens (tertiary/aromatic N) is 9. The summed E-state index contributed by atoms with van der Waals surface area (Å²) in [6, 6.07) is 37.4. The van der Waals surface area contributed by atoms with Crippen molar-refractivity contribution in [1.29, 1.82) is 0 Å². The maximum absolute atomic E-state index is 4.46. The number of para-hydroxylation sites is 2. The van der Waals surface area contributed by atoms with E-state index >= 15 is 0 Å². The fourth-order valence-electron chi connectivity index (χ4n) is 7.11. The Bertz CT molecular complexity index is 2760. The zero-order valence-electron chi connectivity index (χ0n) is 49.4. The second kappa shape index (κ2) is 39.3. The van der Waals surface area contributed by atoms with Crippen molar-refractivity contribution in [2.24, 2.45) is 0 Å². The van der Waals surface area contributed by atoms with Crippen LogP contribution in [0.1, 0.15) is 204 Å². The molecule has 9 heteroatoms. The molecule has 5 aromatic heterocycles. The van der Waals surface area contributed by atoms with Crippen LogP contribution in [0.3, 0.4) is 0 Å². The standard InChI is InChI=1S/C12H13N.4C11H12N2.5C2H6.CH4/c1-9(2)10-5-3-7-12-11(10)6-4-8-13-12;1-8(2)9-3-4-11-10(5-9)6-12-7-13-11;1-8(2)9-3-4-10-6-12-7-13-11(10)5-9;1-8(2)10-5-3-4-9-6-12-7-13-11(9)10;1-8(2)11-12-7-9-5-3-4-6-10(9)13-11;5*1-2;/h3-9H,1-2H3;4*3-8H,1-2H3;5*1-2H3;1H4. The van der Waals surface area contributed by atoms with Crippen molar-refractivity contribution in [1.82, 2.24) is 44.9 Å². The zero-order chi connectivity index (χ0) is 56.3. The highest BCUT2D eigenvalue weighted by Gasteiger charge is 2.07. The highest BCUT2D eigenvalue weighted by Crippen LogP contribution is 2.25. The van der Waals surface area contributed by atoms with Gasteiger partial charge in [0, 0.05) is 63.8 Å². The second-order valence-electron chi connectivity index (χ2n) is 17.5. The molecule has 408 valence electrons. The Morgan fingerprint density at radius 1 is 0.329 bits per heavy atom. The number of hydrogen-bond donors (Lipinski definition) is 0. The van der Waals surface area contributed by atoms with E-state index < -0.39 is 0 Å². The first-order valence-corrected chi connectivity index (χ1v) is 27.5. The van der Waals surface area contributed by atoms with Gasteiger partial charge in [-0.2, -0.15) is 0 Å². The highest BCUT2D eigenvalue weighted by molar-refractivity contribution is 5.83. The monoisotopic (exact) mass is 1030 g/mol. The number of benzene rings is 5. The molecule has 0 aliphatic rings. The van der Waals surface area contributed by atoms with E-state index in [0.717, 1.165) is 55.0 Å². The van der Waals surface area contributed by atoms with Gasteiger partial charge in [-0.3, -0.25) is 4.98 Å². The summed E-state index contributed by atoms with van der Waals surface area (Å²) in [5.41, 5.74) is 10.6. The van der Waals surface area contributed by atoms with Crippen molar-refractivity contribution in [3.8, 4) is 0 Å². The van der Waals surface area contributed by atoms with Gasteiger partial charge in [-0.15, -0.1) is 0 Å². The van der Waals surface area contributed by atoms with E-state index in [1.54, 1.807) is 19.0 Å². The minimum Gasteiger partial charge on any atom is -0.256 e. The van der Waals surface area contributed by atoms with Crippen LogP contribution in [0.4, 0.5) is 0 Å². The van der Waals surface area contributed by atoms with Crippen LogP contribution in [-0.2, 0) is 0 Å². The Labute approximate surface area is 460 Å². The van der Waals surface area contributed by atoms with Crippen LogP contribution >= 0.6 is 0 Å². The summed E-state index contributed by atoms with van der Waals surface area (Å²) in [7, 11) is 0. The van der Waals surface area contributed by atoms with Gasteiger partial charge in [0.2, 0.25) is 0 Å². The SMILES string of the molecule is C.CC.CC.CC.CC.CC.CC(C)c1ccc2cncnc2c1.CC(C)c1ccc2ncncc2c1.CC(C)c1cccc2cncnc12.CC(C)c1cccc2ncccc12.CC(C)c1ncc2ccccc2n1. The van der Waals surface area contributed by atoms with Gasteiger partial charge < -0.3 is 0 Å². The molecule has 0 N–H and O–H groups in total. The number of pyridine rings is 1. The third-order valence-corrected chi connectivity index (χ3v) is 10.9. The van der Waals surface area contributed by atoms with E-state index in [2.05, 4.69) is 181 Å². The molecule has 0 aliphatic heterocycles. The summed E-state index contributed by atoms with van der Waals surface area (Å²) in [4.78, 5) is 37.7. The van der Waals surface area contributed by atoms with Crippen molar-refractivity contribution in [2.75, 3.05) is 0 Å². The van der Waals surface area contributed by atoms with Crippen LogP contribution in [0.25, 0.3) is 54.5 Å². The number of rotatable bonds is 5. The predicted octanol–water partition coefficient (Wildman–Crippen LogP) is 20.1. The van der Waals surface area contributed by atoms with Gasteiger partial charge in [-0.1, -0.05) is 219 Å². The topological polar surface area (TPSA) is 116 Å². The van der Waals surface area contributed by atoms with E-state index in [1.807, 2.05) is 143 Å². The normalized spacial score (nSPS) is 9.80.